The van der Waals surface area contributed by atoms with Gasteiger partial charge in [-0.05, 0) is 56.2 Å². The third-order valence-electron chi connectivity index (χ3n) is 4.45. The lowest BCUT2D eigenvalue weighted by Gasteiger charge is -2.20. The lowest BCUT2D eigenvalue weighted by molar-refractivity contribution is 0.00718. The summed E-state index contributed by atoms with van der Waals surface area (Å²) in [7, 11) is 0. The van der Waals surface area contributed by atoms with Gasteiger partial charge in [0.15, 0.2) is 0 Å². The van der Waals surface area contributed by atoms with Crippen LogP contribution in [0.4, 0.5) is 0 Å². The lowest BCUT2D eigenvalue weighted by Crippen LogP contribution is -2.24. The Morgan fingerprint density at radius 1 is 1.00 bits per heavy atom. The molecule has 0 radical (unpaired) electrons. The molecule has 1 N–H and O–H groups in total. The Hall–Kier alpha value is -2.81. The van der Waals surface area contributed by atoms with Gasteiger partial charge in [0, 0.05) is 16.3 Å². The molecule has 3 heteroatoms. The van der Waals surface area contributed by atoms with Gasteiger partial charge in [-0.15, -0.1) is 0 Å². The van der Waals surface area contributed by atoms with E-state index < -0.39 is 5.60 Å². The molecule has 1 aromatic heterocycles. The molecule has 3 aromatic carbocycles. The van der Waals surface area contributed by atoms with Gasteiger partial charge in [0.05, 0.1) is 11.1 Å². The van der Waals surface area contributed by atoms with Gasteiger partial charge in [-0.2, -0.15) is 0 Å². The second kappa shape index (κ2) is 5.35. The minimum atomic E-state index is -0.531. The Balaban J connectivity index is 2.15. The van der Waals surface area contributed by atoms with Crippen molar-refractivity contribution in [1.29, 1.82) is 0 Å². The second-order valence-electron chi connectivity index (χ2n) is 7.52. The number of benzene rings is 3. The van der Waals surface area contributed by atoms with Crippen LogP contribution in [0, 0.1) is 6.92 Å². The van der Waals surface area contributed by atoms with Crippen molar-refractivity contribution in [3.63, 3.8) is 0 Å². The summed E-state index contributed by atoms with van der Waals surface area (Å²) in [6, 6.07) is 16.3. The highest BCUT2D eigenvalue weighted by Crippen LogP contribution is 2.36. The summed E-state index contributed by atoms with van der Waals surface area (Å²) in [6.07, 6.45) is 0. The number of para-hydroxylation sites is 1. The highest BCUT2D eigenvalue weighted by molar-refractivity contribution is 6.25. The van der Waals surface area contributed by atoms with E-state index in [1.165, 1.54) is 10.9 Å². The van der Waals surface area contributed by atoms with Crippen LogP contribution in [0.2, 0.25) is 0 Å². The number of rotatable bonds is 1. The summed E-state index contributed by atoms with van der Waals surface area (Å²) >= 11 is 0. The first-order chi connectivity index (χ1) is 11.8. The summed E-state index contributed by atoms with van der Waals surface area (Å²) in [4.78, 5) is 16.3. The maximum Gasteiger partial charge on any atom is 0.340 e. The zero-order valence-corrected chi connectivity index (χ0v) is 14.9. The molecular formula is C22H21NO2. The quantitative estimate of drug-likeness (QED) is 0.452. The number of carbonyl (C=O) groups is 1. The van der Waals surface area contributed by atoms with E-state index in [2.05, 4.69) is 30.1 Å². The van der Waals surface area contributed by atoms with Crippen LogP contribution in [0.15, 0.2) is 48.5 Å². The first-order valence-electron chi connectivity index (χ1n) is 8.51. The fraction of sp³-hybridized carbons (Fsp3) is 0.227. The lowest BCUT2D eigenvalue weighted by atomic mass is 9.96. The van der Waals surface area contributed by atoms with Crippen molar-refractivity contribution >= 4 is 38.5 Å². The van der Waals surface area contributed by atoms with E-state index in [4.69, 9.17) is 4.74 Å². The molecule has 1 heterocycles. The van der Waals surface area contributed by atoms with E-state index in [0.717, 1.165) is 27.2 Å². The largest absolute Gasteiger partial charge is 0.456 e. The molecule has 0 saturated carbocycles. The van der Waals surface area contributed by atoms with Crippen LogP contribution >= 0.6 is 0 Å². The van der Waals surface area contributed by atoms with Crippen LogP contribution in [0.3, 0.4) is 0 Å². The molecule has 25 heavy (non-hydrogen) atoms. The van der Waals surface area contributed by atoms with Gasteiger partial charge in [0.2, 0.25) is 0 Å². The maximum atomic E-state index is 12.8. The van der Waals surface area contributed by atoms with Gasteiger partial charge in [-0.25, -0.2) is 4.79 Å². The van der Waals surface area contributed by atoms with Crippen molar-refractivity contribution in [1.82, 2.24) is 4.98 Å². The predicted molar refractivity (Wildman–Crippen MR) is 103 cm³/mol. The number of H-pyrrole nitrogens is 1. The standard InChI is InChI=1S/C22H21NO2/c1-13-8-7-9-14-12-16(21(24)25-22(2,3)4)20-19(18(13)14)15-10-5-6-11-17(15)23-20/h5-12,23H,1-4H3. The van der Waals surface area contributed by atoms with Gasteiger partial charge in [-0.1, -0.05) is 36.4 Å². The number of aromatic nitrogens is 1. The van der Waals surface area contributed by atoms with E-state index in [1.807, 2.05) is 51.1 Å². The number of esters is 1. The Morgan fingerprint density at radius 2 is 1.76 bits per heavy atom. The van der Waals surface area contributed by atoms with Crippen molar-refractivity contribution in [3.8, 4) is 0 Å². The zero-order valence-electron chi connectivity index (χ0n) is 14.9. The molecule has 0 amide bonds. The molecule has 0 bridgehead atoms. The van der Waals surface area contributed by atoms with Crippen molar-refractivity contribution in [2.24, 2.45) is 0 Å². The number of hydrogen-bond acceptors (Lipinski definition) is 2. The Labute approximate surface area is 146 Å². The highest BCUT2D eigenvalue weighted by Gasteiger charge is 2.23. The summed E-state index contributed by atoms with van der Waals surface area (Å²) < 4.78 is 5.65. The molecule has 0 aliphatic rings. The Bertz CT molecular complexity index is 1130. The van der Waals surface area contributed by atoms with Crippen molar-refractivity contribution in [2.75, 3.05) is 0 Å². The van der Waals surface area contributed by atoms with Crippen LogP contribution in [0.1, 0.15) is 36.7 Å². The molecule has 4 aromatic rings. The van der Waals surface area contributed by atoms with Crippen LogP contribution < -0.4 is 0 Å². The van der Waals surface area contributed by atoms with Crippen LogP contribution in [-0.2, 0) is 4.74 Å². The normalized spacial score (nSPS) is 12.2. The van der Waals surface area contributed by atoms with Gasteiger partial charge < -0.3 is 9.72 Å². The number of fused-ring (bicyclic) bond motifs is 5. The second-order valence-corrected chi connectivity index (χ2v) is 7.52. The van der Waals surface area contributed by atoms with Crippen molar-refractivity contribution in [2.45, 2.75) is 33.3 Å². The molecule has 126 valence electrons. The Kier molecular flexibility index (Phi) is 3.36. The molecule has 0 atom stereocenters. The first-order valence-corrected chi connectivity index (χ1v) is 8.51. The Morgan fingerprint density at radius 3 is 2.52 bits per heavy atom. The maximum absolute atomic E-state index is 12.8. The van der Waals surface area contributed by atoms with Gasteiger partial charge >= 0.3 is 5.97 Å². The highest BCUT2D eigenvalue weighted by atomic mass is 16.6. The molecule has 3 nitrogen and oxygen atoms in total. The fourth-order valence-corrected chi connectivity index (χ4v) is 3.48. The molecule has 0 saturated heterocycles. The van der Waals surface area contributed by atoms with E-state index >= 15 is 0 Å². The number of aryl methyl sites for hydroxylation is 1. The van der Waals surface area contributed by atoms with Gasteiger partial charge in [0.25, 0.3) is 0 Å². The van der Waals surface area contributed by atoms with Crippen LogP contribution in [-0.4, -0.2) is 16.6 Å². The summed E-state index contributed by atoms with van der Waals surface area (Å²) in [5.74, 6) is -0.299. The molecule has 0 aliphatic heterocycles. The zero-order chi connectivity index (χ0) is 17.8. The fourth-order valence-electron chi connectivity index (χ4n) is 3.48. The first kappa shape index (κ1) is 15.7. The number of nitrogens with one attached hydrogen (secondary N) is 1. The monoisotopic (exact) mass is 331 g/mol. The molecule has 0 spiro atoms. The molecular weight excluding hydrogens is 310 g/mol. The van der Waals surface area contributed by atoms with Crippen molar-refractivity contribution in [3.05, 3.63) is 59.7 Å². The van der Waals surface area contributed by atoms with Gasteiger partial charge in [0.1, 0.15) is 5.60 Å². The topological polar surface area (TPSA) is 42.1 Å². The average Bonchev–Trinajstić information content (AvgIpc) is 2.92. The van der Waals surface area contributed by atoms with Crippen LogP contribution in [0.25, 0.3) is 32.6 Å². The van der Waals surface area contributed by atoms with Crippen LogP contribution in [0.5, 0.6) is 0 Å². The third-order valence-corrected chi connectivity index (χ3v) is 4.45. The third kappa shape index (κ3) is 2.56. The molecule has 0 unspecified atom stereocenters. The number of aromatic amines is 1. The SMILES string of the molecule is Cc1cccc2cc(C(=O)OC(C)(C)C)c3[nH]c4ccccc4c3c12. The summed E-state index contributed by atoms with van der Waals surface area (Å²) in [5.41, 5.74) is 3.12. The molecule has 4 rings (SSSR count). The number of carbonyl (C=O) groups excluding carboxylic acids is 1. The number of ether oxygens (including phenoxy) is 1. The summed E-state index contributed by atoms with van der Waals surface area (Å²) in [6.45, 7) is 7.77. The minimum Gasteiger partial charge on any atom is -0.456 e. The summed E-state index contributed by atoms with van der Waals surface area (Å²) in [5, 5.41) is 4.45. The van der Waals surface area contributed by atoms with E-state index in [-0.39, 0.29) is 5.97 Å². The van der Waals surface area contributed by atoms with Crippen molar-refractivity contribution < 1.29 is 9.53 Å². The van der Waals surface area contributed by atoms with E-state index in [9.17, 15) is 4.79 Å². The molecule has 0 aliphatic carbocycles. The number of hydrogen-bond donors (Lipinski definition) is 1. The van der Waals surface area contributed by atoms with E-state index in [1.54, 1.807) is 0 Å². The molecule has 0 fully saturated rings. The average molecular weight is 331 g/mol. The smallest absolute Gasteiger partial charge is 0.340 e. The van der Waals surface area contributed by atoms with E-state index in [0.29, 0.717) is 5.56 Å². The minimum absolute atomic E-state index is 0.299. The van der Waals surface area contributed by atoms with Gasteiger partial charge in [-0.3, -0.25) is 0 Å². The predicted octanol–water partition coefficient (Wildman–Crippen LogP) is 5.74.